The lowest BCUT2D eigenvalue weighted by Crippen LogP contribution is -2.36. The van der Waals surface area contributed by atoms with Gasteiger partial charge in [0.15, 0.2) is 0 Å². The van der Waals surface area contributed by atoms with E-state index in [-0.39, 0.29) is 11.9 Å². The van der Waals surface area contributed by atoms with Gasteiger partial charge in [0.05, 0.1) is 18.3 Å². The molecule has 22 heavy (non-hydrogen) atoms. The number of amides is 1. The minimum atomic E-state index is 0.137. The fourth-order valence-corrected chi connectivity index (χ4v) is 2.83. The molecule has 6 heteroatoms. The Labute approximate surface area is 130 Å². The van der Waals surface area contributed by atoms with Crippen LogP contribution in [0.5, 0.6) is 0 Å². The van der Waals surface area contributed by atoms with Crippen molar-refractivity contribution in [3.63, 3.8) is 0 Å². The van der Waals surface area contributed by atoms with Crippen molar-refractivity contribution >= 4 is 5.91 Å². The van der Waals surface area contributed by atoms with Crippen LogP contribution >= 0.6 is 0 Å². The summed E-state index contributed by atoms with van der Waals surface area (Å²) < 4.78 is 1.90. The summed E-state index contributed by atoms with van der Waals surface area (Å²) in [5, 5.41) is 0. The lowest BCUT2D eigenvalue weighted by molar-refractivity contribution is -0.130. The molecule has 1 aliphatic heterocycles. The molecule has 3 rings (SSSR count). The van der Waals surface area contributed by atoms with Gasteiger partial charge in [0.2, 0.25) is 5.91 Å². The molecule has 1 atom stereocenters. The van der Waals surface area contributed by atoms with Crippen LogP contribution in [0.2, 0.25) is 0 Å². The van der Waals surface area contributed by atoms with Gasteiger partial charge in [-0.2, -0.15) is 0 Å². The lowest BCUT2D eigenvalue weighted by atomic mass is 10.1. The van der Waals surface area contributed by atoms with Crippen molar-refractivity contribution in [2.24, 2.45) is 0 Å². The molecule has 0 saturated carbocycles. The zero-order chi connectivity index (χ0) is 15.5. The molecule has 2 aromatic heterocycles. The summed E-state index contributed by atoms with van der Waals surface area (Å²) in [6.07, 6.45) is 7.51. The van der Waals surface area contributed by atoms with E-state index in [0.717, 1.165) is 30.9 Å². The zero-order valence-corrected chi connectivity index (χ0v) is 13.0. The van der Waals surface area contributed by atoms with E-state index >= 15 is 0 Å². The molecule has 116 valence electrons. The first kappa shape index (κ1) is 14.7. The highest BCUT2D eigenvalue weighted by Crippen LogP contribution is 2.30. The summed E-state index contributed by atoms with van der Waals surface area (Å²) in [6.45, 7) is 1.40. The number of carbonyl (C=O) groups is 1. The van der Waals surface area contributed by atoms with Crippen LogP contribution in [0.25, 0.3) is 5.82 Å². The van der Waals surface area contributed by atoms with E-state index in [9.17, 15) is 4.79 Å². The molecule has 0 N–H and O–H groups in total. The van der Waals surface area contributed by atoms with E-state index in [1.807, 2.05) is 29.0 Å². The Kier molecular flexibility index (Phi) is 4.20. The van der Waals surface area contributed by atoms with Crippen LogP contribution in [-0.2, 0) is 4.79 Å². The largest absolute Gasteiger partial charge is 0.348 e. The van der Waals surface area contributed by atoms with Crippen LogP contribution in [0.15, 0.2) is 36.9 Å². The first-order valence-corrected chi connectivity index (χ1v) is 7.54. The highest BCUT2D eigenvalue weighted by molar-refractivity contribution is 5.77. The monoisotopic (exact) mass is 299 g/mol. The standard InChI is InChI=1S/C16H21N5O/c1-19(2)16(22)11-20-9-4-6-14(20)13-5-3-7-15(18-13)21-10-8-17-12-21/h3,5,7-8,10,12,14H,4,6,9,11H2,1-2H3. The number of aromatic nitrogens is 3. The van der Waals surface area contributed by atoms with E-state index in [2.05, 4.69) is 9.88 Å². The normalized spacial score (nSPS) is 18.5. The first-order valence-electron chi connectivity index (χ1n) is 7.54. The zero-order valence-electron chi connectivity index (χ0n) is 13.0. The van der Waals surface area contributed by atoms with Crippen LogP contribution in [0.4, 0.5) is 0 Å². The highest BCUT2D eigenvalue weighted by atomic mass is 16.2. The maximum absolute atomic E-state index is 12.0. The fraction of sp³-hybridized carbons (Fsp3) is 0.438. The SMILES string of the molecule is CN(C)C(=O)CN1CCCC1c1cccc(-n2ccnc2)n1. The van der Waals surface area contributed by atoms with Gasteiger partial charge < -0.3 is 4.90 Å². The summed E-state index contributed by atoms with van der Waals surface area (Å²) in [6, 6.07) is 6.24. The van der Waals surface area contributed by atoms with Crippen molar-refractivity contribution in [2.75, 3.05) is 27.2 Å². The van der Waals surface area contributed by atoms with Gasteiger partial charge in [-0.3, -0.25) is 14.3 Å². The Morgan fingerprint density at radius 2 is 2.27 bits per heavy atom. The van der Waals surface area contributed by atoms with E-state index in [4.69, 9.17) is 4.98 Å². The Morgan fingerprint density at radius 3 is 3.00 bits per heavy atom. The lowest BCUT2D eigenvalue weighted by Gasteiger charge is -2.25. The van der Waals surface area contributed by atoms with Crippen molar-refractivity contribution < 1.29 is 4.79 Å². The van der Waals surface area contributed by atoms with Gasteiger partial charge in [0.25, 0.3) is 0 Å². The number of hydrogen-bond donors (Lipinski definition) is 0. The van der Waals surface area contributed by atoms with Crippen molar-refractivity contribution in [2.45, 2.75) is 18.9 Å². The van der Waals surface area contributed by atoms with E-state index in [1.165, 1.54) is 0 Å². The second kappa shape index (κ2) is 6.27. The second-order valence-electron chi connectivity index (χ2n) is 5.81. The molecule has 6 nitrogen and oxygen atoms in total. The van der Waals surface area contributed by atoms with E-state index < -0.39 is 0 Å². The number of likely N-dealkylation sites (tertiary alicyclic amines) is 1. The Hall–Kier alpha value is -2.21. The molecular formula is C16H21N5O. The summed E-state index contributed by atoms with van der Waals surface area (Å²) in [5.74, 6) is 0.999. The molecule has 0 aromatic carbocycles. The van der Waals surface area contributed by atoms with Crippen LogP contribution in [-0.4, -0.2) is 57.4 Å². The van der Waals surface area contributed by atoms with Gasteiger partial charge in [-0.1, -0.05) is 6.07 Å². The molecule has 1 aliphatic rings. The minimum Gasteiger partial charge on any atom is -0.348 e. The Morgan fingerprint density at radius 1 is 1.41 bits per heavy atom. The topological polar surface area (TPSA) is 54.3 Å². The summed E-state index contributed by atoms with van der Waals surface area (Å²) >= 11 is 0. The molecule has 0 aliphatic carbocycles. The third-order valence-electron chi connectivity index (χ3n) is 4.07. The predicted octanol–water partition coefficient (Wildman–Crippen LogP) is 1.49. The molecule has 1 saturated heterocycles. The third kappa shape index (κ3) is 3.01. The maximum Gasteiger partial charge on any atom is 0.236 e. The Bertz CT molecular complexity index is 638. The number of carbonyl (C=O) groups excluding carboxylic acids is 1. The van der Waals surface area contributed by atoms with Gasteiger partial charge in [0, 0.05) is 26.5 Å². The van der Waals surface area contributed by atoms with Crippen LogP contribution in [0, 0.1) is 0 Å². The number of likely N-dealkylation sites (N-methyl/N-ethyl adjacent to an activating group) is 1. The number of hydrogen-bond acceptors (Lipinski definition) is 4. The predicted molar refractivity (Wildman–Crippen MR) is 83.6 cm³/mol. The van der Waals surface area contributed by atoms with Crippen molar-refractivity contribution in [1.82, 2.24) is 24.3 Å². The summed E-state index contributed by atoms with van der Waals surface area (Å²) in [7, 11) is 3.59. The third-order valence-corrected chi connectivity index (χ3v) is 4.07. The number of imidazole rings is 1. The van der Waals surface area contributed by atoms with Gasteiger partial charge in [-0.25, -0.2) is 9.97 Å². The molecule has 3 heterocycles. The smallest absolute Gasteiger partial charge is 0.236 e. The average molecular weight is 299 g/mol. The number of pyridine rings is 1. The van der Waals surface area contributed by atoms with Crippen LogP contribution in [0.1, 0.15) is 24.6 Å². The number of rotatable bonds is 4. The van der Waals surface area contributed by atoms with Crippen molar-refractivity contribution in [3.8, 4) is 5.82 Å². The van der Waals surface area contributed by atoms with Gasteiger partial charge in [-0.15, -0.1) is 0 Å². The average Bonchev–Trinajstić information content (AvgIpc) is 3.18. The second-order valence-corrected chi connectivity index (χ2v) is 5.81. The van der Waals surface area contributed by atoms with Crippen molar-refractivity contribution in [1.29, 1.82) is 0 Å². The highest BCUT2D eigenvalue weighted by Gasteiger charge is 2.29. The first-order chi connectivity index (χ1) is 10.6. The molecule has 1 fully saturated rings. The molecule has 1 unspecified atom stereocenters. The van der Waals surface area contributed by atoms with Crippen LogP contribution in [0.3, 0.4) is 0 Å². The summed E-state index contributed by atoms with van der Waals surface area (Å²) in [4.78, 5) is 24.7. The Balaban J connectivity index is 1.80. The minimum absolute atomic E-state index is 0.137. The molecule has 0 bridgehead atoms. The summed E-state index contributed by atoms with van der Waals surface area (Å²) in [5.41, 5.74) is 1.02. The van der Waals surface area contributed by atoms with Gasteiger partial charge in [0.1, 0.15) is 12.1 Å². The maximum atomic E-state index is 12.0. The molecular weight excluding hydrogens is 278 g/mol. The fourth-order valence-electron chi connectivity index (χ4n) is 2.83. The van der Waals surface area contributed by atoms with E-state index in [1.54, 1.807) is 31.5 Å². The molecule has 0 radical (unpaired) electrons. The number of nitrogens with zero attached hydrogens (tertiary/aromatic N) is 5. The molecule has 2 aromatic rings. The molecule has 1 amide bonds. The van der Waals surface area contributed by atoms with Crippen molar-refractivity contribution in [3.05, 3.63) is 42.6 Å². The quantitative estimate of drug-likeness (QED) is 0.858. The van der Waals surface area contributed by atoms with Gasteiger partial charge >= 0.3 is 0 Å². The van der Waals surface area contributed by atoms with Crippen LogP contribution < -0.4 is 0 Å². The van der Waals surface area contributed by atoms with Gasteiger partial charge in [-0.05, 0) is 31.5 Å². The molecule has 0 spiro atoms. The van der Waals surface area contributed by atoms with E-state index in [0.29, 0.717) is 6.54 Å².